The largest absolute Gasteiger partial charge is 0.493 e. The minimum atomic E-state index is -0.369. The van der Waals surface area contributed by atoms with E-state index < -0.39 is 0 Å². The van der Waals surface area contributed by atoms with Crippen LogP contribution in [0.4, 0.5) is 0 Å². The Hall–Kier alpha value is -1.98. The van der Waals surface area contributed by atoms with Crippen molar-refractivity contribution in [3.63, 3.8) is 0 Å². The lowest BCUT2D eigenvalue weighted by molar-refractivity contribution is 0.0924. The van der Waals surface area contributed by atoms with Crippen molar-refractivity contribution in [3.8, 4) is 17.2 Å². The average Bonchev–Trinajstić information content (AvgIpc) is 2.62. The second-order valence-electron chi connectivity index (χ2n) is 5.87. The SMILES string of the molecule is CCC1(CC(=O)c2cc(OC)c(OC)c(OC)c2)C=CC=CC1N.Cl. The molecule has 1 aromatic rings. The summed E-state index contributed by atoms with van der Waals surface area (Å²) in [6, 6.07) is 3.18. The number of allylic oxidation sites excluding steroid dienone is 2. The predicted molar refractivity (Wildman–Crippen MR) is 101 cm³/mol. The molecular formula is C19H26ClNO4. The third-order valence-electron chi connectivity index (χ3n) is 4.66. The number of hydrogen-bond acceptors (Lipinski definition) is 5. The maximum absolute atomic E-state index is 12.9. The van der Waals surface area contributed by atoms with Gasteiger partial charge in [-0.2, -0.15) is 0 Å². The molecule has 2 N–H and O–H groups in total. The number of ether oxygens (including phenoxy) is 3. The van der Waals surface area contributed by atoms with E-state index >= 15 is 0 Å². The molecule has 0 heterocycles. The minimum absolute atomic E-state index is 0. The van der Waals surface area contributed by atoms with E-state index in [9.17, 15) is 4.79 Å². The first-order valence-electron chi connectivity index (χ1n) is 7.96. The van der Waals surface area contributed by atoms with Gasteiger partial charge in [0.1, 0.15) is 0 Å². The Morgan fingerprint density at radius 3 is 2.16 bits per heavy atom. The highest BCUT2D eigenvalue weighted by Gasteiger charge is 2.35. The number of carbonyl (C=O) groups is 1. The first-order valence-corrected chi connectivity index (χ1v) is 7.96. The Labute approximate surface area is 155 Å². The number of benzene rings is 1. The number of carbonyl (C=O) groups excluding carboxylic acids is 1. The second kappa shape index (κ2) is 8.92. The van der Waals surface area contributed by atoms with Gasteiger partial charge in [0.25, 0.3) is 0 Å². The van der Waals surface area contributed by atoms with Crippen LogP contribution in [0.1, 0.15) is 30.1 Å². The zero-order valence-electron chi connectivity index (χ0n) is 15.1. The summed E-state index contributed by atoms with van der Waals surface area (Å²) in [6.07, 6.45) is 8.95. The lowest BCUT2D eigenvalue weighted by Crippen LogP contribution is -2.41. The fraction of sp³-hybridized carbons (Fsp3) is 0.421. The molecule has 0 saturated carbocycles. The predicted octanol–water partition coefficient (Wildman–Crippen LogP) is 3.56. The number of Topliss-reactive ketones (excluding diaryl/α,β-unsaturated/α-hetero) is 1. The zero-order valence-corrected chi connectivity index (χ0v) is 15.9. The van der Waals surface area contributed by atoms with E-state index in [1.54, 1.807) is 12.1 Å². The van der Waals surface area contributed by atoms with E-state index in [0.717, 1.165) is 6.42 Å². The van der Waals surface area contributed by atoms with Crippen molar-refractivity contribution in [2.24, 2.45) is 11.1 Å². The number of hydrogen-bond donors (Lipinski definition) is 1. The van der Waals surface area contributed by atoms with Crippen molar-refractivity contribution in [2.45, 2.75) is 25.8 Å². The molecule has 0 aromatic heterocycles. The first-order chi connectivity index (χ1) is 11.5. The second-order valence-corrected chi connectivity index (χ2v) is 5.87. The van der Waals surface area contributed by atoms with Crippen molar-refractivity contribution in [1.29, 1.82) is 0 Å². The summed E-state index contributed by atoms with van der Waals surface area (Å²) in [5.74, 6) is 1.40. The van der Waals surface area contributed by atoms with Crippen LogP contribution in [0.15, 0.2) is 36.4 Å². The third kappa shape index (κ3) is 4.17. The molecule has 0 amide bonds. The molecule has 1 aliphatic carbocycles. The van der Waals surface area contributed by atoms with E-state index in [-0.39, 0.29) is 29.6 Å². The molecule has 5 nitrogen and oxygen atoms in total. The Morgan fingerprint density at radius 1 is 1.12 bits per heavy atom. The lowest BCUT2D eigenvalue weighted by atomic mass is 9.71. The molecule has 6 heteroatoms. The van der Waals surface area contributed by atoms with E-state index in [1.807, 2.05) is 31.2 Å². The molecular weight excluding hydrogens is 342 g/mol. The molecule has 2 rings (SSSR count). The highest BCUT2D eigenvalue weighted by Crippen LogP contribution is 2.40. The minimum Gasteiger partial charge on any atom is -0.493 e. The molecule has 1 aromatic carbocycles. The quantitative estimate of drug-likeness (QED) is 0.746. The molecule has 25 heavy (non-hydrogen) atoms. The smallest absolute Gasteiger partial charge is 0.203 e. The van der Waals surface area contributed by atoms with Gasteiger partial charge in [-0.15, -0.1) is 12.4 Å². The topological polar surface area (TPSA) is 70.8 Å². The summed E-state index contributed by atoms with van der Waals surface area (Å²) in [7, 11) is 4.60. The van der Waals surface area contributed by atoms with Crippen LogP contribution >= 0.6 is 12.4 Å². The molecule has 0 bridgehead atoms. The van der Waals surface area contributed by atoms with Crippen molar-refractivity contribution in [3.05, 3.63) is 42.0 Å². The van der Waals surface area contributed by atoms with Gasteiger partial charge in [-0.25, -0.2) is 0 Å². The van der Waals surface area contributed by atoms with Crippen LogP contribution in [0, 0.1) is 5.41 Å². The fourth-order valence-electron chi connectivity index (χ4n) is 3.03. The van der Waals surface area contributed by atoms with E-state index in [0.29, 0.717) is 29.2 Å². The summed E-state index contributed by atoms with van der Waals surface area (Å²) in [4.78, 5) is 12.9. The van der Waals surface area contributed by atoms with Crippen LogP contribution in [-0.2, 0) is 0 Å². The molecule has 138 valence electrons. The summed E-state index contributed by atoms with van der Waals surface area (Å²) >= 11 is 0. The van der Waals surface area contributed by atoms with Crippen molar-refractivity contribution in [2.75, 3.05) is 21.3 Å². The average molecular weight is 368 g/mol. The third-order valence-corrected chi connectivity index (χ3v) is 4.66. The highest BCUT2D eigenvalue weighted by molar-refractivity contribution is 5.98. The standard InChI is InChI=1S/C19H25NO4.ClH/c1-5-19(9-7-6-8-17(19)20)12-14(21)13-10-15(22-2)18(24-4)16(11-13)23-3;/h6-11,17H,5,12,20H2,1-4H3;1H. The van der Waals surface area contributed by atoms with Crippen LogP contribution in [0.3, 0.4) is 0 Å². The van der Waals surface area contributed by atoms with Gasteiger partial charge >= 0.3 is 0 Å². The van der Waals surface area contributed by atoms with Crippen LogP contribution in [0.5, 0.6) is 17.2 Å². The first kappa shape index (κ1) is 21.1. The van der Waals surface area contributed by atoms with Crippen LogP contribution < -0.4 is 19.9 Å². The Balaban J connectivity index is 0.00000312. The monoisotopic (exact) mass is 367 g/mol. The highest BCUT2D eigenvalue weighted by atomic mass is 35.5. The van der Waals surface area contributed by atoms with Crippen molar-refractivity contribution in [1.82, 2.24) is 0 Å². The van der Waals surface area contributed by atoms with Gasteiger partial charge in [-0.1, -0.05) is 31.2 Å². The van der Waals surface area contributed by atoms with E-state index in [4.69, 9.17) is 19.9 Å². The normalized spacial score (nSPS) is 21.4. The molecule has 2 unspecified atom stereocenters. The van der Waals surface area contributed by atoms with Crippen molar-refractivity contribution < 1.29 is 19.0 Å². The summed E-state index contributed by atoms with van der Waals surface area (Å²) in [5.41, 5.74) is 6.40. The van der Waals surface area contributed by atoms with Gasteiger partial charge in [0.2, 0.25) is 5.75 Å². The Kier molecular flexibility index (Phi) is 7.52. The van der Waals surface area contributed by atoms with Gasteiger partial charge in [0.05, 0.1) is 21.3 Å². The fourth-order valence-corrected chi connectivity index (χ4v) is 3.03. The molecule has 0 saturated heterocycles. The summed E-state index contributed by atoms with van der Waals surface area (Å²) in [6.45, 7) is 2.05. The molecule has 0 radical (unpaired) electrons. The number of halogens is 1. The van der Waals surface area contributed by atoms with Crippen LogP contribution in [0.25, 0.3) is 0 Å². The molecule has 2 atom stereocenters. The van der Waals surface area contributed by atoms with Gasteiger partial charge < -0.3 is 19.9 Å². The van der Waals surface area contributed by atoms with Crippen LogP contribution in [0.2, 0.25) is 0 Å². The molecule has 0 spiro atoms. The zero-order chi connectivity index (χ0) is 17.7. The van der Waals surface area contributed by atoms with E-state index in [2.05, 4.69) is 0 Å². The number of ketones is 1. The maximum atomic E-state index is 12.9. The van der Waals surface area contributed by atoms with Crippen molar-refractivity contribution >= 4 is 18.2 Å². The maximum Gasteiger partial charge on any atom is 0.203 e. The van der Waals surface area contributed by atoms with Gasteiger partial charge in [-0.05, 0) is 18.6 Å². The number of methoxy groups -OCH3 is 3. The number of nitrogens with two attached hydrogens (primary N) is 1. The Bertz CT molecular complexity index is 646. The number of rotatable bonds is 7. The van der Waals surface area contributed by atoms with Gasteiger partial charge in [0, 0.05) is 23.4 Å². The molecule has 0 fully saturated rings. The van der Waals surface area contributed by atoms with Gasteiger partial charge in [0.15, 0.2) is 17.3 Å². The molecule has 1 aliphatic rings. The van der Waals surface area contributed by atoms with E-state index in [1.165, 1.54) is 21.3 Å². The summed E-state index contributed by atoms with van der Waals surface area (Å²) < 4.78 is 15.9. The Morgan fingerprint density at radius 2 is 1.72 bits per heavy atom. The van der Waals surface area contributed by atoms with Gasteiger partial charge in [-0.3, -0.25) is 4.79 Å². The summed E-state index contributed by atoms with van der Waals surface area (Å²) in [5, 5.41) is 0. The van der Waals surface area contributed by atoms with Crippen LogP contribution in [-0.4, -0.2) is 33.2 Å². The molecule has 0 aliphatic heterocycles. The lowest BCUT2D eigenvalue weighted by Gasteiger charge is -2.35.